The highest BCUT2D eigenvalue weighted by molar-refractivity contribution is 7.92. The third kappa shape index (κ3) is 5.96. The lowest BCUT2D eigenvalue weighted by molar-refractivity contribution is 0.0143. The van der Waals surface area contributed by atoms with Crippen LogP contribution in [0.4, 0.5) is 10.1 Å². The lowest BCUT2D eigenvalue weighted by Crippen LogP contribution is -2.38. The first kappa shape index (κ1) is 23.9. The summed E-state index contributed by atoms with van der Waals surface area (Å²) in [6, 6.07) is 9.94. The number of aliphatic hydroxyl groups excluding tert-OH is 1. The lowest BCUT2D eigenvalue weighted by atomic mass is 10.1. The van der Waals surface area contributed by atoms with E-state index in [0.29, 0.717) is 25.3 Å². The van der Waals surface area contributed by atoms with Crippen molar-refractivity contribution in [3.05, 3.63) is 58.9 Å². The third-order valence-electron chi connectivity index (χ3n) is 5.10. The molecule has 1 saturated heterocycles. The van der Waals surface area contributed by atoms with Crippen LogP contribution in [0.1, 0.15) is 25.5 Å². The number of β-amino-alcohol motifs (C(OH)–C–C–N with tert-alkyl or cyclic N) is 1. The summed E-state index contributed by atoms with van der Waals surface area (Å²) < 4.78 is 47.6. The Balaban J connectivity index is 1.85. The molecule has 1 N–H and O–H groups in total. The van der Waals surface area contributed by atoms with Crippen LogP contribution in [0.15, 0.2) is 47.4 Å². The number of hydrogen-bond acceptors (Lipinski definition) is 5. The molecule has 170 valence electrons. The molecule has 0 aliphatic carbocycles. The number of halogens is 2. The predicted octanol–water partition coefficient (Wildman–Crippen LogP) is 3.70. The number of hydrogen-bond donors (Lipinski definition) is 1. The van der Waals surface area contributed by atoms with Crippen LogP contribution in [0.25, 0.3) is 0 Å². The minimum atomic E-state index is -4.03. The average Bonchev–Trinajstić information content (AvgIpc) is 2.74. The molecule has 0 amide bonds. The van der Waals surface area contributed by atoms with Crippen molar-refractivity contribution in [3.63, 3.8) is 0 Å². The highest BCUT2D eigenvalue weighted by atomic mass is 35.5. The zero-order chi connectivity index (χ0) is 22.6. The van der Waals surface area contributed by atoms with Gasteiger partial charge in [0, 0.05) is 31.2 Å². The maximum atomic E-state index is 14.5. The molecule has 0 aromatic heterocycles. The van der Waals surface area contributed by atoms with E-state index in [9.17, 15) is 17.9 Å². The maximum Gasteiger partial charge on any atom is 0.264 e. The van der Waals surface area contributed by atoms with Crippen molar-refractivity contribution >= 4 is 27.3 Å². The Morgan fingerprint density at radius 1 is 1.16 bits per heavy atom. The lowest BCUT2D eigenvalue weighted by Gasteiger charge is -2.29. The first-order valence-corrected chi connectivity index (χ1v) is 12.1. The van der Waals surface area contributed by atoms with Gasteiger partial charge in [0.05, 0.1) is 29.9 Å². The van der Waals surface area contributed by atoms with Gasteiger partial charge in [0.25, 0.3) is 10.0 Å². The molecule has 0 bridgehead atoms. The zero-order valence-corrected chi connectivity index (χ0v) is 19.2. The third-order valence-corrected chi connectivity index (χ3v) is 7.12. The molecular formula is C22H28ClFN2O4S. The zero-order valence-electron chi connectivity index (χ0n) is 17.7. The van der Waals surface area contributed by atoms with Crippen molar-refractivity contribution < 1.29 is 22.7 Å². The van der Waals surface area contributed by atoms with Crippen molar-refractivity contribution in [3.8, 4) is 0 Å². The number of anilines is 1. The molecular weight excluding hydrogens is 443 g/mol. The van der Waals surface area contributed by atoms with E-state index in [1.165, 1.54) is 24.3 Å². The molecule has 2 aromatic carbocycles. The number of ether oxygens (including phenoxy) is 1. The molecule has 0 saturated carbocycles. The van der Waals surface area contributed by atoms with Crippen molar-refractivity contribution in [1.29, 1.82) is 0 Å². The van der Waals surface area contributed by atoms with Gasteiger partial charge in [0.15, 0.2) is 0 Å². The SMILES string of the molecule is CC(C)CN(c1cc(Cl)ccc1F)S(=O)(=O)c1ccc(C(O)CN2CCOCC2)cc1. The Hall–Kier alpha value is -1.71. The summed E-state index contributed by atoms with van der Waals surface area (Å²) in [5, 5.41) is 10.8. The van der Waals surface area contributed by atoms with Crippen LogP contribution in [0, 0.1) is 11.7 Å². The molecule has 2 aromatic rings. The van der Waals surface area contributed by atoms with E-state index in [2.05, 4.69) is 4.90 Å². The van der Waals surface area contributed by atoms with Crippen molar-refractivity contribution in [2.45, 2.75) is 24.8 Å². The van der Waals surface area contributed by atoms with Crippen LogP contribution >= 0.6 is 11.6 Å². The molecule has 1 aliphatic heterocycles. The van der Waals surface area contributed by atoms with Crippen LogP contribution < -0.4 is 4.31 Å². The number of sulfonamides is 1. The predicted molar refractivity (Wildman–Crippen MR) is 119 cm³/mol. The van der Waals surface area contributed by atoms with Crippen molar-refractivity contribution in [2.24, 2.45) is 5.92 Å². The van der Waals surface area contributed by atoms with Crippen LogP contribution in [0.5, 0.6) is 0 Å². The second kappa shape index (κ2) is 10.3. The molecule has 1 fully saturated rings. The fourth-order valence-electron chi connectivity index (χ4n) is 3.46. The van der Waals surface area contributed by atoms with Gasteiger partial charge in [-0.2, -0.15) is 0 Å². The summed E-state index contributed by atoms with van der Waals surface area (Å²) >= 11 is 6.00. The summed E-state index contributed by atoms with van der Waals surface area (Å²) in [5.74, 6) is -0.700. The fraction of sp³-hybridized carbons (Fsp3) is 0.455. The molecule has 31 heavy (non-hydrogen) atoms. The van der Waals surface area contributed by atoms with E-state index in [1.807, 2.05) is 13.8 Å². The first-order chi connectivity index (χ1) is 14.7. The molecule has 9 heteroatoms. The average molecular weight is 471 g/mol. The smallest absolute Gasteiger partial charge is 0.264 e. The number of morpholine rings is 1. The Morgan fingerprint density at radius 2 is 1.81 bits per heavy atom. The minimum Gasteiger partial charge on any atom is -0.387 e. The maximum absolute atomic E-state index is 14.5. The van der Waals surface area contributed by atoms with Gasteiger partial charge in [-0.3, -0.25) is 9.21 Å². The topological polar surface area (TPSA) is 70.1 Å². The van der Waals surface area contributed by atoms with Crippen molar-refractivity contribution in [1.82, 2.24) is 4.90 Å². The van der Waals surface area contributed by atoms with E-state index >= 15 is 0 Å². The van der Waals surface area contributed by atoms with Gasteiger partial charge in [-0.15, -0.1) is 0 Å². The molecule has 0 spiro atoms. The quantitative estimate of drug-likeness (QED) is 0.637. The van der Waals surface area contributed by atoms with Gasteiger partial charge in [0.2, 0.25) is 0 Å². The number of rotatable bonds is 8. The minimum absolute atomic E-state index is 0.0230. The van der Waals surface area contributed by atoms with Gasteiger partial charge in [-0.05, 0) is 41.8 Å². The van der Waals surface area contributed by atoms with E-state index in [0.717, 1.165) is 23.5 Å². The highest BCUT2D eigenvalue weighted by Crippen LogP contribution is 2.30. The number of nitrogens with zero attached hydrogens (tertiary/aromatic N) is 2. The van der Waals surface area contributed by atoms with Gasteiger partial charge in [-0.25, -0.2) is 12.8 Å². The van der Waals surface area contributed by atoms with Gasteiger partial charge >= 0.3 is 0 Å². The summed E-state index contributed by atoms with van der Waals surface area (Å²) in [5.41, 5.74) is 0.535. The van der Waals surface area contributed by atoms with E-state index in [4.69, 9.17) is 16.3 Å². The van der Waals surface area contributed by atoms with Crippen LogP contribution in [-0.2, 0) is 14.8 Å². The van der Waals surface area contributed by atoms with Gasteiger partial charge in [0.1, 0.15) is 5.82 Å². The van der Waals surface area contributed by atoms with Gasteiger partial charge < -0.3 is 9.84 Å². The van der Waals surface area contributed by atoms with E-state index in [1.54, 1.807) is 12.1 Å². The van der Waals surface area contributed by atoms with E-state index in [-0.39, 0.29) is 28.1 Å². The Morgan fingerprint density at radius 3 is 2.42 bits per heavy atom. The van der Waals surface area contributed by atoms with Crippen LogP contribution in [0.2, 0.25) is 5.02 Å². The molecule has 1 heterocycles. The van der Waals surface area contributed by atoms with E-state index < -0.39 is 21.9 Å². The summed E-state index contributed by atoms with van der Waals surface area (Å²) in [4.78, 5) is 2.13. The summed E-state index contributed by atoms with van der Waals surface area (Å²) in [6.45, 7) is 7.03. The molecule has 6 nitrogen and oxygen atoms in total. The number of benzene rings is 2. The second-order valence-electron chi connectivity index (χ2n) is 8.02. The standard InChI is InChI=1S/C22H28ClFN2O4S/c1-16(2)14-26(21-13-18(23)5-8-20(21)24)31(28,29)19-6-3-17(4-7-19)22(27)15-25-9-11-30-12-10-25/h3-8,13,16,22,27H,9-12,14-15H2,1-2H3. The highest BCUT2D eigenvalue weighted by Gasteiger charge is 2.28. The number of aliphatic hydroxyl groups is 1. The molecule has 0 radical (unpaired) electrons. The van der Waals surface area contributed by atoms with Crippen LogP contribution in [0.3, 0.4) is 0 Å². The molecule has 1 aliphatic rings. The molecule has 1 atom stereocenters. The monoisotopic (exact) mass is 470 g/mol. The molecule has 1 unspecified atom stereocenters. The van der Waals surface area contributed by atoms with Crippen LogP contribution in [-0.4, -0.2) is 57.8 Å². The Kier molecular flexibility index (Phi) is 7.93. The fourth-order valence-corrected chi connectivity index (χ4v) is 5.25. The molecule has 3 rings (SSSR count). The Labute approximate surface area is 188 Å². The summed E-state index contributed by atoms with van der Waals surface area (Å²) in [7, 11) is -4.03. The normalized spacial score (nSPS) is 16.5. The summed E-state index contributed by atoms with van der Waals surface area (Å²) in [6.07, 6.45) is -0.744. The van der Waals surface area contributed by atoms with Crippen molar-refractivity contribution in [2.75, 3.05) is 43.7 Å². The Bertz CT molecular complexity index is 980. The van der Waals surface area contributed by atoms with Gasteiger partial charge in [-0.1, -0.05) is 37.6 Å². The largest absolute Gasteiger partial charge is 0.387 e. The first-order valence-electron chi connectivity index (χ1n) is 10.2. The second-order valence-corrected chi connectivity index (χ2v) is 10.3.